The molecule has 31 heavy (non-hydrogen) atoms. The SMILES string of the molecule is CCc1ccc(-c2ccc(N(C=O)c3ccc4c(c3)CCC(CN(C)C)C4)cc2)cc1. The molecule has 3 nitrogen and oxygen atoms in total. The van der Waals surface area contributed by atoms with Crippen LogP contribution in [0.5, 0.6) is 0 Å². The van der Waals surface area contributed by atoms with Crippen LogP contribution >= 0.6 is 0 Å². The second kappa shape index (κ2) is 9.49. The highest BCUT2D eigenvalue weighted by Gasteiger charge is 2.20. The van der Waals surface area contributed by atoms with E-state index in [4.69, 9.17) is 0 Å². The van der Waals surface area contributed by atoms with Crippen LogP contribution in [-0.2, 0) is 24.1 Å². The largest absolute Gasteiger partial charge is 0.309 e. The van der Waals surface area contributed by atoms with Gasteiger partial charge in [-0.3, -0.25) is 9.69 Å². The topological polar surface area (TPSA) is 23.6 Å². The molecule has 0 fully saturated rings. The van der Waals surface area contributed by atoms with Gasteiger partial charge < -0.3 is 4.90 Å². The number of rotatable bonds is 7. The van der Waals surface area contributed by atoms with Crippen molar-refractivity contribution in [2.24, 2.45) is 5.92 Å². The Morgan fingerprint density at radius 3 is 2.13 bits per heavy atom. The van der Waals surface area contributed by atoms with Crippen LogP contribution in [-0.4, -0.2) is 32.0 Å². The van der Waals surface area contributed by atoms with E-state index in [0.717, 1.165) is 55.1 Å². The molecule has 0 N–H and O–H groups in total. The molecule has 0 spiro atoms. The van der Waals surface area contributed by atoms with Gasteiger partial charge in [0.2, 0.25) is 6.41 Å². The van der Waals surface area contributed by atoms with Gasteiger partial charge in [0.25, 0.3) is 0 Å². The van der Waals surface area contributed by atoms with Gasteiger partial charge in [0.15, 0.2) is 0 Å². The molecular weight excluding hydrogens is 380 g/mol. The van der Waals surface area contributed by atoms with Crippen LogP contribution in [0.4, 0.5) is 11.4 Å². The van der Waals surface area contributed by atoms with E-state index in [0.29, 0.717) is 0 Å². The lowest BCUT2D eigenvalue weighted by molar-refractivity contribution is -0.106. The summed E-state index contributed by atoms with van der Waals surface area (Å²) in [6, 6.07) is 23.4. The van der Waals surface area contributed by atoms with E-state index in [9.17, 15) is 4.79 Å². The third-order valence-corrected chi connectivity index (χ3v) is 6.37. The molecule has 1 aliphatic carbocycles. The second-order valence-electron chi connectivity index (χ2n) is 8.90. The molecule has 3 heteroatoms. The minimum atomic E-state index is 0.717. The lowest BCUT2D eigenvalue weighted by Gasteiger charge is -2.28. The highest BCUT2D eigenvalue weighted by molar-refractivity contribution is 5.87. The first kappa shape index (κ1) is 21.3. The molecule has 1 amide bonds. The van der Waals surface area contributed by atoms with E-state index in [-0.39, 0.29) is 0 Å². The molecule has 1 atom stereocenters. The predicted molar refractivity (Wildman–Crippen MR) is 130 cm³/mol. The van der Waals surface area contributed by atoms with Crippen LogP contribution in [0.1, 0.15) is 30.0 Å². The molecule has 3 aromatic rings. The fourth-order valence-electron chi connectivity index (χ4n) is 4.66. The number of carbonyl (C=O) groups excluding carboxylic acids is 1. The zero-order valence-electron chi connectivity index (χ0n) is 18.8. The molecule has 0 bridgehead atoms. The average molecular weight is 413 g/mol. The standard InChI is InChI=1S/C28H32N2O/c1-4-21-5-8-23(9-6-21)24-11-14-27(15-12-24)30(20-31)28-16-13-25-17-22(19-29(2)3)7-10-26(25)18-28/h5-6,8-9,11-16,18,20,22H,4,7,10,17,19H2,1-3H3. The third-order valence-electron chi connectivity index (χ3n) is 6.37. The van der Waals surface area contributed by atoms with Gasteiger partial charge in [0.05, 0.1) is 0 Å². The Kier molecular flexibility index (Phi) is 6.53. The van der Waals surface area contributed by atoms with E-state index in [1.165, 1.54) is 28.7 Å². The third kappa shape index (κ3) is 4.88. The van der Waals surface area contributed by atoms with Crippen molar-refractivity contribution >= 4 is 17.8 Å². The smallest absolute Gasteiger partial charge is 0.218 e. The van der Waals surface area contributed by atoms with Crippen molar-refractivity contribution in [2.45, 2.75) is 32.6 Å². The van der Waals surface area contributed by atoms with Crippen molar-refractivity contribution in [3.63, 3.8) is 0 Å². The molecule has 0 heterocycles. The Balaban J connectivity index is 1.53. The normalized spacial score (nSPS) is 15.5. The zero-order valence-corrected chi connectivity index (χ0v) is 18.8. The van der Waals surface area contributed by atoms with E-state index in [2.05, 4.69) is 80.5 Å². The fourth-order valence-corrected chi connectivity index (χ4v) is 4.66. The summed E-state index contributed by atoms with van der Waals surface area (Å²) in [4.78, 5) is 16.0. The van der Waals surface area contributed by atoms with Crippen LogP contribution in [0.15, 0.2) is 66.7 Å². The molecule has 0 aliphatic heterocycles. The van der Waals surface area contributed by atoms with Crippen LogP contribution in [0.3, 0.4) is 0 Å². The van der Waals surface area contributed by atoms with Gasteiger partial charge >= 0.3 is 0 Å². The number of fused-ring (bicyclic) bond motifs is 1. The molecule has 1 aliphatic rings. The summed E-state index contributed by atoms with van der Waals surface area (Å²) in [5.41, 5.74) is 8.35. The maximum atomic E-state index is 12.0. The summed E-state index contributed by atoms with van der Waals surface area (Å²) in [7, 11) is 4.29. The molecule has 0 saturated heterocycles. The highest BCUT2D eigenvalue weighted by atomic mass is 16.1. The fraction of sp³-hybridized carbons (Fsp3) is 0.321. The van der Waals surface area contributed by atoms with Crippen molar-refractivity contribution in [2.75, 3.05) is 25.5 Å². The van der Waals surface area contributed by atoms with Crippen LogP contribution in [0.2, 0.25) is 0 Å². The number of nitrogens with zero attached hydrogens (tertiary/aromatic N) is 2. The van der Waals surface area contributed by atoms with Gasteiger partial charge in [-0.05, 0) is 97.8 Å². The summed E-state index contributed by atoms with van der Waals surface area (Å²) >= 11 is 0. The van der Waals surface area contributed by atoms with E-state index in [1.807, 2.05) is 12.1 Å². The lowest BCUT2D eigenvalue weighted by Crippen LogP contribution is -2.26. The van der Waals surface area contributed by atoms with Crippen LogP contribution < -0.4 is 4.90 Å². The van der Waals surface area contributed by atoms with Crippen molar-refractivity contribution in [3.8, 4) is 11.1 Å². The monoisotopic (exact) mass is 412 g/mol. The minimum absolute atomic E-state index is 0.717. The number of aryl methyl sites for hydroxylation is 2. The summed E-state index contributed by atoms with van der Waals surface area (Å²) in [5.74, 6) is 0.717. The minimum Gasteiger partial charge on any atom is -0.309 e. The van der Waals surface area contributed by atoms with Gasteiger partial charge in [-0.15, -0.1) is 0 Å². The first-order chi connectivity index (χ1) is 15.1. The molecule has 1 unspecified atom stereocenters. The number of benzene rings is 3. The molecular formula is C28H32N2O. The molecule has 0 saturated carbocycles. The van der Waals surface area contributed by atoms with Crippen molar-refractivity contribution in [3.05, 3.63) is 83.4 Å². The van der Waals surface area contributed by atoms with Crippen LogP contribution in [0, 0.1) is 5.92 Å². The summed E-state index contributed by atoms with van der Waals surface area (Å²) in [6.45, 7) is 3.30. The quantitative estimate of drug-likeness (QED) is 0.453. The predicted octanol–water partition coefficient (Wildman–Crippen LogP) is 5.88. The molecule has 3 aromatic carbocycles. The van der Waals surface area contributed by atoms with Gasteiger partial charge in [0, 0.05) is 17.9 Å². The van der Waals surface area contributed by atoms with Gasteiger partial charge in [0.1, 0.15) is 0 Å². The van der Waals surface area contributed by atoms with E-state index in [1.54, 1.807) is 4.90 Å². The Labute approximate surface area is 186 Å². The Hall–Kier alpha value is -2.91. The molecule has 0 aromatic heterocycles. The van der Waals surface area contributed by atoms with Gasteiger partial charge in [-0.25, -0.2) is 0 Å². The average Bonchev–Trinajstić information content (AvgIpc) is 2.80. The first-order valence-corrected chi connectivity index (χ1v) is 11.3. The summed E-state index contributed by atoms with van der Waals surface area (Å²) in [5, 5.41) is 0. The van der Waals surface area contributed by atoms with Crippen molar-refractivity contribution < 1.29 is 4.79 Å². The van der Waals surface area contributed by atoms with Crippen molar-refractivity contribution in [1.29, 1.82) is 0 Å². The molecule has 0 radical (unpaired) electrons. The van der Waals surface area contributed by atoms with Crippen molar-refractivity contribution in [1.82, 2.24) is 4.90 Å². The number of hydrogen-bond acceptors (Lipinski definition) is 2. The summed E-state index contributed by atoms with van der Waals surface area (Å²) in [6.07, 6.45) is 5.39. The number of amides is 1. The lowest BCUT2D eigenvalue weighted by atomic mass is 9.83. The second-order valence-corrected chi connectivity index (χ2v) is 8.90. The zero-order chi connectivity index (χ0) is 21.8. The van der Waals surface area contributed by atoms with E-state index >= 15 is 0 Å². The van der Waals surface area contributed by atoms with Crippen LogP contribution in [0.25, 0.3) is 11.1 Å². The maximum absolute atomic E-state index is 12.0. The first-order valence-electron chi connectivity index (χ1n) is 11.3. The highest BCUT2D eigenvalue weighted by Crippen LogP contribution is 2.32. The number of hydrogen-bond donors (Lipinski definition) is 0. The molecule has 160 valence electrons. The molecule has 4 rings (SSSR count). The van der Waals surface area contributed by atoms with Gasteiger partial charge in [-0.1, -0.05) is 49.4 Å². The number of carbonyl (C=O) groups is 1. The maximum Gasteiger partial charge on any atom is 0.218 e. The number of anilines is 2. The Morgan fingerprint density at radius 2 is 1.52 bits per heavy atom. The Morgan fingerprint density at radius 1 is 0.871 bits per heavy atom. The summed E-state index contributed by atoms with van der Waals surface area (Å²) < 4.78 is 0. The van der Waals surface area contributed by atoms with Gasteiger partial charge in [-0.2, -0.15) is 0 Å². The Bertz CT molecular complexity index is 1020. The van der Waals surface area contributed by atoms with E-state index < -0.39 is 0 Å².